The first-order valence-corrected chi connectivity index (χ1v) is 21.2. The zero-order valence-electron chi connectivity index (χ0n) is 38.5. The molecule has 6 atom stereocenters. The largest absolute Gasteiger partial charge is 0.463 e. The zero-order valence-corrected chi connectivity index (χ0v) is 38.5. The minimum Gasteiger partial charge on any atom is -0.463 e. The van der Waals surface area contributed by atoms with E-state index in [0.717, 1.165) is 45.4 Å². The lowest BCUT2D eigenvalue weighted by atomic mass is 9.68. The van der Waals surface area contributed by atoms with Crippen LogP contribution in [0.3, 0.4) is 0 Å². The molecule has 11 heteroatoms. The molecule has 0 radical (unpaired) electrons. The van der Waals surface area contributed by atoms with Crippen LogP contribution in [-0.4, -0.2) is 92.8 Å². The molecule has 0 bridgehead atoms. The summed E-state index contributed by atoms with van der Waals surface area (Å²) in [4.78, 5) is 50.5. The highest BCUT2D eigenvalue weighted by Crippen LogP contribution is 2.42. The molecular formula is C51H70O11. The van der Waals surface area contributed by atoms with Crippen LogP contribution >= 0.6 is 0 Å². The molecule has 0 aromatic carbocycles. The number of aliphatic hydroxyl groups excluding tert-OH is 5. The standard InChI is InChI=1S/C51H70O11/c1-32(18-14-20-34(3)22-24-39-37(6)46(57)36(5)28-50(39,8)9)16-12-13-17-33(2)19-15-21-35(4)23-25-40-38(7)47(58)43(29-51(40,10)11)62-45(56)27-26-44(55)61-31-42(54)49(60)48(59)41(53)30-52/h12-25,36,41-43,48-49,52-54,59-60H,26-31H2,1-11H3/b13-12+,18-14+,19-15+,24-22+,25-23+,32-16+,33-17+,34-20+,35-21+. The number of ketones is 2. The van der Waals surface area contributed by atoms with Gasteiger partial charge in [-0.2, -0.15) is 0 Å². The SMILES string of the molecule is CC1=C(/C=C/C(C)=C/C=C/C(C)=C/C=C/C=C(C)/C=C/C=C(C)/C=C/C2=C(C)C(=O)C(OC(=O)CCC(=O)OCC(O)C(O)C(O)C(O)CO)CC2(C)C)C(C)(C)CC(C)C1=O. The van der Waals surface area contributed by atoms with Gasteiger partial charge in [-0.3, -0.25) is 19.2 Å². The molecule has 0 saturated carbocycles. The number of esters is 2. The fourth-order valence-electron chi connectivity index (χ4n) is 7.43. The minimum atomic E-state index is -1.89. The molecule has 340 valence electrons. The molecule has 6 unspecified atom stereocenters. The summed E-state index contributed by atoms with van der Waals surface area (Å²) in [7, 11) is 0. The second-order valence-electron chi connectivity index (χ2n) is 17.8. The number of rotatable bonds is 20. The molecular weight excluding hydrogens is 789 g/mol. The molecule has 0 heterocycles. The number of carbonyl (C=O) groups excluding carboxylic acids is 4. The van der Waals surface area contributed by atoms with Gasteiger partial charge in [0.1, 0.15) is 31.0 Å². The zero-order chi connectivity index (χ0) is 46.9. The fourth-order valence-corrected chi connectivity index (χ4v) is 7.43. The van der Waals surface area contributed by atoms with Gasteiger partial charge in [-0.15, -0.1) is 0 Å². The smallest absolute Gasteiger partial charge is 0.307 e. The van der Waals surface area contributed by atoms with Crippen molar-refractivity contribution in [1.82, 2.24) is 0 Å². The maximum atomic E-state index is 13.3. The van der Waals surface area contributed by atoms with Gasteiger partial charge in [-0.05, 0) is 81.1 Å². The van der Waals surface area contributed by atoms with Gasteiger partial charge in [0.25, 0.3) is 0 Å². The first-order valence-electron chi connectivity index (χ1n) is 21.2. The maximum Gasteiger partial charge on any atom is 0.307 e. The molecule has 0 aliphatic heterocycles. The third-order valence-electron chi connectivity index (χ3n) is 11.1. The van der Waals surface area contributed by atoms with E-state index in [2.05, 4.69) is 45.1 Å². The molecule has 2 aliphatic rings. The molecule has 0 aromatic rings. The second kappa shape index (κ2) is 24.8. The summed E-state index contributed by atoms with van der Waals surface area (Å²) in [6.45, 7) is 20.5. The van der Waals surface area contributed by atoms with E-state index in [4.69, 9.17) is 14.6 Å². The Morgan fingerprint density at radius 3 is 1.56 bits per heavy atom. The second-order valence-corrected chi connectivity index (χ2v) is 17.8. The van der Waals surface area contributed by atoms with Gasteiger partial charge in [-0.25, -0.2) is 0 Å². The number of hydrogen-bond acceptors (Lipinski definition) is 11. The summed E-state index contributed by atoms with van der Waals surface area (Å²) >= 11 is 0. The maximum absolute atomic E-state index is 13.3. The van der Waals surface area contributed by atoms with Crippen molar-refractivity contribution in [3.05, 3.63) is 130 Å². The predicted octanol–water partition coefficient (Wildman–Crippen LogP) is 7.49. The van der Waals surface area contributed by atoms with Crippen molar-refractivity contribution in [2.24, 2.45) is 16.7 Å². The molecule has 62 heavy (non-hydrogen) atoms. The summed E-state index contributed by atoms with van der Waals surface area (Å²) in [6, 6.07) is 0. The summed E-state index contributed by atoms with van der Waals surface area (Å²) in [5, 5.41) is 47.7. The number of aliphatic hydroxyl groups is 5. The fraction of sp³-hybridized carbons (Fsp3) is 0.490. The van der Waals surface area contributed by atoms with Gasteiger partial charge < -0.3 is 35.0 Å². The number of hydrogen-bond donors (Lipinski definition) is 5. The minimum absolute atomic E-state index is 0.0300. The Balaban J connectivity index is 1.91. The monoisotopic (exact) mass is 858 g/mol. The average molecular weight is 859 g/mol. The van der Waals surface area contributed by atoms with Gasteiger partial charge in [0, 0.05) is 12.3 Å². The van der Waals surface area contributed by atoms with E-state index in [0.29, 0.717) is 5.57 Å². The van der Waals surface area contributed by atoms with Gasteiger partial charge in [0.05, 0.1) is 19.4 Å². The highest BCUT2D eigenvalue weighted by Gasteiger charge is 2.40. The summed E-state index contributed by atoms with van der Waals surface area (Å²) in [5.41, 5.74) is 6.98. The van der Waals surface area contributed by atoms with Crippen LogP contribution in [0.5, 0.6) is 0 Å². The Hall–Kier alpha value is -4.78. The Labute approximate surface area is 368 Å². The molecule has 0 fully saturated rings. The van der Waals surface area contributed by atoms with Crippen LogP contribution in [-0.2, 0) is 28.7 Å². The number of carbonyl (C=O) groups is 4. The van der Waals surface area contributed by atoms with Gasteiger partial charge >= 0.3 is 11.9 Å². The number of Topliss-reactive ketones (excluding diaryl/α,β-unsaturated/α-hetero) is 2. The number of allylic oxidation sites excluding steroid dienone is 21. The van der Waals surface area contributed by atoms with Crippen molar-refractivity contribution in [2.75, 3.05) is 13.2 Å². The molecule has 0 aromatic heterocycles. The van der Waals surface area contributed by atoms with Crippen LogP contribution < -0.4 is 0 Å². The summed E-state index contributed by atoms with van der Waals surface area (Å²) in [5.74, 6) is -1.68. The molecule has 0 amide bonds. The third kappa shape index (κ3) is 16.8. The van der Waals surface area contributed by atoms with E-state index in [1.54, 1.807) is 6.92 Å². The van der Waals surface area contributed by atoms with E-state index in [1.807, 2.05) is 109 Å². The van der Waals surface area contributed by atoms with E-state index >= 15 is 0 Å². The van der Waals surface area contributed by atoms with Crippen molar-refractivity contribution < 1.29 is 54.2 Å². The average Bonchev–Trinajstić information content (AvgIpc) is 3.20. The topological polar surface area (TPSA) is 188 Å². The Bertz CT molecular complexity index is 1970. The molecule has 2 rings (SSSR count). The van der Waals surface area contributed by atoms with Crippen molar-refractivity contribution in [3.8, 4) is 0 Å². The summed E-state index contributed by atoms with van der Waals surface area (Å²) in [6.07, 6.45) is 20.2. The Kier molecular flexibility index (Phi) is 21.3. The van der Waals surface area contributed by atoms with Crippen LogP contribution in [0.2, 0.25) is 0 Å². The molecule has 11 nitrogen and oxygen atoms in total. The molecule has 2 aliphatic carbocycles. The number of ether oxygens (including phenoxy) is 2. The normalized spacial score (nSPS) is 22.8. The highest BCUT2D eigenvalue weighted by molar-refractivity contribution is 6.02. The van der Waals surface area contributed by atoms with Gasteiger partial charge in [0.15, 0.2) is 17.7 Å². The lowest BCUT2D eigenvalue weighted by Gasteiger charge is -2.36. The van der Waals surface area contributed by atoms with Gasteiger partial charge in [0.2, 0.25) is 0 Å². The Morgan fingerprint density at radius 2 is 1.06 bits per heavy atom. The molecule has 0 saturated heterocycles. The van der Waals surface area contributed by atoms with Crippen molar-refractivity contribution >= 4 is 23.5 Å². The van der Waals surface area contributed by atoms with Crippen molar-refractivity contribution in [1.29, 1.82) is 0 Å². The molecule has 5 N–H and O–H groups in total. The third-order valence-corrected chi connectivity index (χ3v) is 11.1. The lowest BCUT2D eigenvalue weighted by molar-refractivity contribution is -0.161. The van der Waals surface area contributed by atoms with E-state index in [-0.39, 0.29) is 35.7 Å². The lowest BCUT2D eigenvalue weighted by Crippen LogP contribution is -2.47. The molecule has 0 spiro atoms. The first kappa shape index (κ1) is 53.4. The predicted molar refractivity (Wildman–Crippen MR) is 243 cm³/mol. The van der Waals surface area contributed by atoms with Crippen LogP contribution in [0.15, 0.2) is 130 Å². The van der Waals surface area contributed by atoms with E-state index < -0.39 is 67.5 Å². The summed E-state index contributed by atoms with van der Waals surface area (Å²) < 4.78 is 10.3. The Morgan fingerprint density at radius 1 is 0.645 bits per heavy atom. The van der Waals surface area contributed by atoms with Gasteiger partial charge in [-0.1, -0.05) is 142 Å². The van der Waals surface area contributed by atoms with Crippen molar-refractivity contribution in [3.63, 3.8) is 0 Å². The van der Waals surface area contributed by atoms with E-state index in [1.165, 1.54) is 0 Å². The highest BCUT2D eigenvalue weighted by atomic mass is 16.6. The van der Waals surface area contributed by atoms with Crippen molar-refractivity contribution in [2.45, 2.75) is 132 Å². The van der Waals surface area contributed by atoms with Crippen LogP contribution in [0.1, 0.15) is 102 Å². The first-order chi connectivity index (χ1) is 28.9. The van der Waals surface area contributed by atoms with Crippen LogP contribution in [0.25, 0.3) is 0 Å². The quantitative estimate of drug-likeness (QED) is 0.0603. The van der Waals surface area contributed by atoms with Crippen LogP contribution in [0, 0.1) is 16.7 Å². The van der Waals surface area contributed by atoms with E-state index in [9.17, 15) is 39.6 Å². The van der Waals surface area contributed by atoms with Crippen LogP contribution in [0.4, 0.5) is 0 Å².